The van der Waals surface area contributed by atoms with Crippen molar-refractivity contribution >= 4 is 5.78 Å². The van der Waals surface area contributed by atoms with Crippen LogP contribution in [0, 0.1) is 0 Å². The first kappa shape index (κ1) is 14.6. The predicted octanol–water partition coefficient (Wildman–Crippen LogP) is 2.10. The summed E-state index contributed by atoms with van der Waals surface area (Å²) in [4.78, 5) is 14.1. The van der Waals surface area contributed by atoms with Gasteiger partial charge in [-0.25, -0.2) is 0 Å². The lowest BCUT2D eigenvalue weighted by Crippen LogP contribution is -2.52. The van der Waals surface area contributed by atoms with E-state index in [1.807, 2.05) is 32.8 Å². The fourth-order valence-electron chi connectivity index (χ4n) is 1.90. The number of likely N-dealkylation sites (N-methyl/N-ethyl adjacent to an activating group) is 1. The lowest BCUT2D eigenvalue weighted by atomic mass is 9.87. The molecule has 0 aliphatic heterocycles. The molecule has 0 spiro atoms. The Kier molecular flexibility index (Phi) is 6.06. The van der Waals surface area contributed by atoms with Crippen molar-refractivity contribution in [3.05, 3.63) is 0 Å². The largest absolute Gasteiger partial charge is 0.371 e. The Balaban J connectivity index is 4.55. The summed E-state index contributed by atoms with van der Waals surface area (Å²) in [6.45, 7) is 8.22. The van der Waals surface area contributed by atoms with E-state index in [0.717, 1.165) is 12.8 Å². The molecule has 0 N–H and O–H groups in total. The zero-order chi connectivity index (χ0) is 12.1. The van der Waals surface area contributed by atoms with Crippen LogP contribution in [0.1, 0.15) is 40.5 Å². The topological polar surface area (TPSA) is 29.5 Å². The maximum Gasteiger partial charge on any atom is 0.178 e. The molecule has 0 heterocycles. The third-order valence-corrected chi connectivity index (χ3v) is 3.09. The summed E-state index contributed by atoms with van der Waals surface area (Å²) in [6.07, 6.45) is 1.77. The monoisotopic (exact) mass is 215 g/mol. The Labute approximate surface area is 93.8 Å². The van der Waals surface area contributed by atoms with E-state index in [-0.39, 0.29) is 24.0 Å². The number of ether oxygens (including phenoxy) is 1. The number of nitrogens with zero attached hydrogens (tertiary/aromatic N) is 1. The van der Waals surface area contributed by atoms with Crippen molar-refractivity contribution in [1.82, 2.24) is 4.90 Å². The van der Waals surface area contributed by atoms with Gasteiger partial charge in [-0.1, -0.05) is 13.8 Å². The number of Topliss-reactive ketones (excluding diaryl/α,β-unsaturated/α-hetero) is 1. The number of hydrogen-bond acceptors (Lipinski definition) is 3. The molecule has 0 radical (unpaired) electrons. The van der Waals surface area contributed by atoms with E-state index in [4.69, 9.17) is 4.74 Å². The van der Waals surface area contributed by atoms with E-state index in [1.54, 1.807) is 0 Å². The Morgan fingerprint density at radius 1 is 1.27 bits per heavy atom. The second-order valence-electron chi connectivity index (χ2n) is 4.42. The quantitative estimate of drug-likeness (QED) is 0.651. The number of carbonyl (C=O) groups is 1. The van der Waals surface area contributed by atoms with Crippen LogP contribution < -0.4 is 0 Å². The standard InChI is InChI=1S/C12H25NO2/c1-7-12(8-2,13(5)6)11(14)9-15-10(3)4/h10H,7-9H2,1-6H3. The highest BCUT2D eigenvalue weighted by molar-refractivity contribution is 5.89. The molecule has 0 rings (SSSR count). The Morgan fingerprint density at radius 2 is 1.73 bits per heavy atom. The highest BCUT2D eigenvalue weighted by atomic mass is 16.5. The van der Waals surface area contributed by atoms with Gasteiger partial charge in [-0.3, -0.25) is 9.69 Å². The van der Waals surface area contributed by atoms with Crippen LogP contribution in [-0.4, -0.2) is 43.0 Å². The molecule has 3 nitrogen and oxygen atoms in total. The summed E-state index contributed by atoms with van der Waals surface area (Å²) in [7, 11) is 3.92. The fraction of sp³-hybridized carbons (Fsp3) is 0.917. The molecule has 3 heteroatoms. The van der Waals surface area contributed by atoms with Gasteiger partial charge in [0, 0.05) is 0 Å². The Morgan fingerprint density at radius 3 is 2.00 bits per heavy atom. The zero-order valence-corrected chi connectivity index (χ0v) is 11.0. The van der Waals surface area contributed by atoms with Gasteiger partial charge >= 0.3 is 0 Å². The minimum Gasteiger partial charge on any atom is -0.371 e. The normalized spacial score (nSPS) is 12.5. The van der Waals surface area contributed by atoms with Gasteiger partial charge in [-0.05, 0) is 40.8 Å². The average molecular weight is 215 g/mol. The van der Waals surface area contributed by atoms with E-state index < -0.39 is 0 Å². The average Bonchev–Trinajstić information content (AvgIpc) is 2.17. The maximum atomic E-state index is 12.1. The second-order valence-corrected chi connectivity index (χ2v) is 4.42. The molecule has 15 heavy (non-hydrogen) atoms. The Bertz CT molecular complexity index is 196. The molecule has 0 unspecified atom stereocenters. The maximum absolute atomic E-state index is 12.1. The molecule has 0 aromatic carbocycles. The molecule has 0 aliphatic carbocycles. The molecule has 90 valence electrons. The first-order chi connectivity index (χ1) is 6.90. The van der Waals surface area contributed by atoms with Gasteiger partial charge in [0.05, 0.1) is 11.6 Å². The van der Waals surface area contributed by atoms with Crippen LogP contribution in [0.15, 0.2) is 0 Å². The molecule has 0 saturated heterocycles. The van der Waals surface area contributed by atoms with Crippen LogP contribution >= 0.6 is 0 Å². The van der Waals surface area contributed by atoms with Crippen molar-refractivity contribution in [2.24, 2.45) is 0 Å². The minimum atomic E-state index is -0.352. The molecule has 0 aliphatic rings. The third-order valence-electron chi connectivity index (χ3n) is 3.09. The predicted molar refractivity (Wildman–Crippen MR) is 63.1 cm³/mol. The smallest absolute Gasteiger partial charge is 0.178 e. The SMILES string of the molecule is CCC(CC)(C(=O)COC(C)C)N(C)C. The summed E-state index contributed by atoms with van der Waals surface area (Å²) in [5.41, 5.74) is -0.352. The lowest BCUT2D eigenvalue weighted by Gasteiger charge is -2.37. The summed E-state index contributed by atoms with van der Waals surface area (Å²) < 4.78 is 5.39. The minimum absolute atomic E-state index is 0.113. The van der Waals surface area contributed by atoms with E-state index in [0.29, 0.717) is 0 Å². The third kappa shape index (κ3) is 3.58. The van der Waals surface area contributed by atoms with Crippen molar-refractivity contribution in [2.75, 3.05) is 20.7 Å². The van der Waals surface area contributed by atoms with Crippen molar-refractivity contribution in [3.8, 4) is 0 Å². The van der Waals surface area contributed by atoms with Crippen LogP contribution in [0.3, 0.4) is 0 Å². The molecular weight excluding hydrogens is 190 g/mol. The fourth-order valence-corrected chi connectivity index (χ4v) is 1.90. The van der Waals surface area contributed by atoms with E-state index in [9.17, 15) is 4.79 Å². The molecule has 0 atom stereocenters. The number of rotatable bonds is 7. The van der Waals surface area contributed by atoms with E-state index >= 15 is 0 Å². The van der Waals surface area contributed by atoms with Crippen LogP contribution in [0.2, 0.25) is 0 Å². The van der Waals surface area contributed by atoms with Gasteiger partial charge in [0.15, 0.2) is 5.78 Å². The first-order valence-electron chi connectivity index (χ1n) is 5.73. The van der Waals surface area contributed by atoms with Crippen molar-refractivity contribution in [2.45, 2.75) is 52.2 Å². The molecule has 0 aromatic rings. The van der Waals surface area contributed by atoms with Crippen LogP contribution in [0.25, 0.3) is 0 Å². The number of hydrogen-bond donors (Lipinski definition) is 0. The van der Waals surface area contributed by atoms with Gasteiger partial charge in [0.25, 0.3) is 0 Å². The van der Waals surface area contributed by atoms with Crippen molar-refractivity contribution in [1.29, 1.82) is 0 Å². The van der Waals surface area contributed by atoms with Gasteiger partial charge in [-0.15, -0.1) is 0 Å². The molecule has 0 saturated carbocycles. The zero-order valence-electron chi connectivity index (χ0n) is 11.0. The van der Waals surface area contributed by atoms with Crippen LogP contribution in [0.5, 0.6) is 0 Å². The van der Waals surface area contributed by atoms with E-state index in [1.165, 1.54) is 0 Å². The number of ketones is 1. The second kappa shape index (κ2) is 6.23. The molecule has 0 amide bonds. The van der Waals surface area contributed by atoms with Crippen molar-refractivity contribution < 1.29 is 9.53 Å². The summed E-state index contributed by atoms with van der Waals surface area (Å²) in [5.74, 6) is 0.186. The summed E-state index contributed by atoms with van der Waals surface area (Å²) in [5, 5.41) is 0. The summed E-state index contributed by atoms with van der Waals surface area (Å²) >= 11 is 0. The highest BCUT2D eigenvalue weighted by Crippen LogP contribution is 2.22. The Hall–Kier alpha value is -0.410. The first-order valence-corrected chi connectivity index (χ1v) is 5.73. The van der Waals surface area contributed by atoms with Gasteiger partial charge < -0.3 is 4.74 Å². The highest BCUT2D eigenvalue weighted by Gasteiger charge is 2.36. The van der Waals surface area contributed by atoms with Gasteiger partial charge in [0.2, 0.25) is 0 Å². The lowest BCUT2D eigenvalue weighted by molar-refractivity contribution is -0.136. The van der Waals surface area contributed by atoms with Crippen LogP contribution in [0.4, 0.5) is 0 Å². The molecule has 0 fully saturated rings. The van der Waals surface area contributed by atoms with Gasteiger partial charge in [-0.2, -0.15) is 0 Å². The summed E-state index contributed by atoms with van der Waals surface area (Å²) in [6, 6.07) is 0. The van der Waals surface area contributed by atoms with Gasteiger partial charge in [0.1, 0.15) is 6.61 Å². The van der Waals surface area contributed by atoms with E-state index in [2.05, 4.69) is 13.8 Å². The van der Waals surface area contributed by atoms with Crippen LogP contribution in [-0.2, 0) is 9.53 Å². The molecule has 0 aromatic heterocycles. The molecule has 0 bridgehead atoms. The van der Waals surface area contributed by atoms with Crippen molar-refractivity contribution in [3.63, 3.8) is 0 Å². The number of carbonyl (C=O) groups excluding carboxylic acids is 1. The molecular formula is C12H25NO2.